The molecule has 1 unspecified atom stereocenters. The molecule has 1 aromatic heterocycles. The van der Waals surface area contributed by atoms with Crippen molar-refractivity contribution in [3.8, 4) is 22.8 Å². The van der Waals surface area contributed by atoms with Gasteiger partial charge in [0.05, 0.1) is 17.1 Å². The lowest BCUT2D eigenvalue weighted by molar-refractivity contribution is -0.274. The predicted molar refractivity (Wildman–Crippen MR) is 176 cm³/mol. The minimum Gasteiger partial charge on any atom is -0.465 e. The third kappa shape index (κ3) is 8.65. The molecular formula is C31H28F3N7O4S2. The summed E-state index contributed by atoms with van der Waals surface area (Å²) in [6.07, 6.45) is -4.52. The molecule has 0 spiro atoms. The third-order valence-corrected chi connectivity index (χ3v) is 8.03. The molecule has 0 aliphatic carbocycles. The number of rotatable bonds is 9. The zero-order valence-electron chi connectivity index (χ0n) is 25.0. The Balaban J connectivity index is 1.26. The second kappa shape index (κ2) is 14.2. The van der Waals surface area contributed by atoms with E-state index in [0.717, 1.165) is 28.8 Å². The zero-order valence-corrected chi connectivity index (χ0v) is 26.6. The van der Waals surface area contributed by atoms with E-state index in [-0.39, 0.29) is 28.9 Å². The largest absolute Gasteiger partial charge is 0.573 e. The van der Waals surface area contributed by atoms with Crippen molar-refractivity contribution in [2.24, 2.45) is 4.99 Å². The Morgan fingerprint density at radius 2 is 1.85 bits per heavy atom. The molecule has 5 rings (SSSR count). The van der Waals surface area contributed by atoms with E-state index in [1.165, 1.54) is 47.0 Å². The van der Waals surface area contributed by atoms with Crippen LogP contribution in [-0.2, 0) is 17.6 Å². The topological polar surface area (TPSA) is 134 Å². The molecule has 1 aliphatic rings. The van der Waals surface area contributed by atoms with Gasteiger partial charge in [0, 0.05) is 12.0 Å². The molecule has 2 heterocycles. The van der Waals surface area contributed by atoms with Crippen LogP contribution in [0.4, 0.5) is 23.7 Å². The number of nitrogens with zero attached hydrogens (tertiary/aromatic N) is 5. The van der Waals surface area contributed by atoms with Crippen molar-refractivity contribution in [1.29, 1.82) is 0 Å². The number of amides is 2. The smallest absolute Gasteiger partial charge is 0.465 e. The van der Waals surface area contributed by atoms with E-state index < -0.39 is 18.6 Å². The highest BCUT2D eigenvalue weighted by Crippen LogP contribution is 2.31. The van der Waals surface area contributed by atoms with Crippen molar-refractivity contribution in [3.63, 3.8) is 0 Å². The van der Waals surface area contributed by atoms with Crippen molar-refractivity contribution in [2.45, 2.75) is 39.2 Å². The van der Waals surface area contributed by atoms with Crippen LogP contribution < -0.4 is 20.3 Å². The Kier molecular flexibility index (Phi) is 10.1. The van der Waals surface area contributed by atoms with Gasteiger partial charge in [-0.2, -0.15) is 4.99 Å². The minimum absolute atomic E-state index is 0.0143. The molecule has 1 saturated heterocycles. The predicted octanol–water partition coefficient (Wildman–Crippen LogP) is 5.85. The van der Waals surface area contributed by atoms with Crippen LogP contribution in [0.2, 0.25) is 0 Å². The van der Waals surface area contributed by atoms with Crippen LogP contribution in [0, 0.1) is 6.92 Å². The second-order valence-corrected chi connectivity index (χ2v) is 11.6. The fraction of sp³-hybridized carbons (Fsp3) is 0.226. The molecule has 0 saturated carbocycles. The highest BCUT2D eigenvalue weighted by atomic mass is 32.2. The molecule has 0 bridgehead atoms. The van der Waals surface area contributed by atoms with E-state index in [9.17, 15) is 27.9 Å². The Morgan fingerprint density at radius 3 is 2.51 bits per heavy atom. The molecule has 16 heteroatoms. The van der Waals surface area contributed by atoms with Crippen LogP contribution in [0.25, 0.3) is 17.1 Å². The lowest BCUT2D eigenvalue weighted by Gasteiger charge is -2.22. The van der Waals surface area contributed by atoms with E-state index >= 15 is 0 Å². The highest BCUT2D eigenvalue weighted by Gasteiger charge is 2.32. The summed E-state index contributed by atoms with van der Waals surface area (Å²) in [5, 5.41) is 19.6. The Labute approximate surface area is 276 Å². The molecule has 3 aromatic carbocycles. The van der Waals surface area contributed by atoms with Gasteiger partial charge in [-0.1, -0.05) is 60.6 Å². The number of aliphatic imine (C=N–C) groups is 1. The van der Waals surface area contributed by atoms with Gasteiger partial charge in [-0.3, -0.25) is 9.69 Å². The summed E-state index contributed by atoms with van der Waals surface area (Å²) in [6.45, 7) is 3.99. The maximum Gasteiger partial charge on any atom is 0.573 e. The number of anilines is 1. The Bertz CT molecular complexity index is 1810. The number of hydrogen-bond donors (Lipinski definition) is 3. The molecule has 1 aliphatic heterocycles. The fourth-order valence-electron chi connectivity index (χ4n) is 4.80. The summed E-state index contributed by atoms with van der Waals surface area (Å²) in [7, 11) is 0. The summed E-state index contributed by atoms with van der Waals surface area (Å²) in [6, 6.07) is 18.1. The first-order valence-corrected chi connectivity index (χ1v) is 15.6. The molecule has 47 heavy (non-hydrogen) atoms. The number of carbonyl (C=O) groups excluding carboxylic acids is 1. The molecule has 3 N–H and O–H groups in total. The number of thioether (sulfide) groups is 1. The van der Waals surface area contributed by atoms with Crippen molar-refractivity contribution >= 4 is 51.9 Å². The number of alkyl halides is 3. The number of hydrogen-bond acceptors (Lipinski definition) is 7. The van der Waals surface area contributed by atoms with Crippen molar-refractivity contribution in [2.75, 3.05) is 10.7 Å². The molecule has 1 atom stereocenters. The normalized spacial score (nSPS) is 14.7. The number of ether oxygens (including phenoxy) is 1. The maximum absolute atomic E-state index is 12.8. The second-order valence-electron chi connectivity index (χ2n) is 10.3. The summed E-state index contributed by atoms with van der Waals surface area (Å²) in [4.78, 5) is 34.7. The van der Waals surface area contributed by atoms with Crippen LogP contribution in [0.3, 0.4) is 0 Å². The monoisotopic (exact) mass is 683 g/mol. The number of nitrogens with one attached hydrogen (secondary N) is 2. The van der Waals surface area contributed by atoms with E-state index in [1.54, 1.807) is 29.2 Å². The van der Waals surface area contributed by atoms with Gasteiger partial charge in [-0.05, 0) is 67.0 Å². The fourth-order valence-corrected chi connectivity index (χ4v) is 5.95. The number of carbonyl (C=O) groups is 2. The Morgan fingerprint density at radius 1 is 1.13 bits per heavy atom. The van der Waals surface area contributed by atoms with Gasteiger partial charge in [0.15, 0.2) is 16.1 Å². The van der Waals surface area contributed by atoms with Gasteiger partial charge in [0.25, 0.3) is 0 Å². The number of halogens is 3. The lowest BCUT2D eigenvalue weighted by atomic mass is 10.1. The quantitative estimate of drug-likeness (QED) is 0.147. The van der Waals surface area contributed by atoms with Crippen molar-refractivity contribution < 1.29 is 32.6 Å². The summed E-state index contributed by atoms with van der Waals surface area (Å²) < 4.78 is 42.6. The minimum atomic E-state index is -4.78. The molecule has 4 aromatic rings. The first-order valence-electron chi connectivity index (χ1n) is 14.2. The summed E-state index contributed by atoms with van der Waals surface area (Å²) >= 11 is 6.71. The van der Waals surface area contributed by atoms with Gasteiger partial charge in [0.2, 0.25) is 5.91 Å². The summed E-state index contributed by atoms with van der Waals surface area (Å²) in [5.41, 5.74) is 4.72. The van der Waals surface area contributed by atoms with Gasteiger partial charge in [0.1, 0.15) is 18.2 Å². The highest BCUT2D eigenvalue weighted by molar-refractivity contribution is 8.15. The SMILES string of the molecule is CCc1cc(C)ccc1N1C(=O)CSC1=NC(=S)NC(Cc1ccc(-c2ncn(-c3ccc(OC(F)(F)F)cc3)n2)cc1)NC(=O)O. The van der Waals surface area contributed by atoms with E-state index in [0.29, 0.717) is 22.2 Å². The van der Waals surface area contributed by atoms with E-state index in [4.69, 9.17) is 12.2 Å². The first-order chi connectivity index (χ1) is 22.4. The van der Waals surface area contributed by atoms with Gasteiger partial charge >= 0.3 is 12.5 Å². The Hall–Kier alpha value is -4.96. The lowest BCUT2D eigenvalue weighted by Crippen LogP contribution is -2.48. The van der Waals surface area contributed by atoms with E-state index in [1.807, 2.05) is 32.0 Å². The number of aryl methyl sites for hydroxylation is 2. The number of thiocarbonyl (C=S) groups is 1. The molecule has 244 valence electrons. The number of aromatic nitrogens is 3. The van der Waals surface area contributed by atoms with Crippen molar-refractivity contribution in [1.82, 2.24) is 25.4 Å². The van der Waals surface area contributed by atoms with Crippen molar-refractivity contribution in [3.05, 3.63) is 89.7 Å². The maximum atomic E-state index is 12.8. The zero-order chi connectivity index (χ0) is 33.7. The van der Waals surface area contributed by atoms with Crippen LogP contribution in [-0.4, -0.2) is 60.4 Å². The molecular weight excluding hydrogens is 656 g/mol. The van der Waals surface area contributed by atoms with Gasteiger partial charge < -0.3 is 20.5 Å². The van der Waals surface area contributed by atoms with Gasteiger partial charge in [-0.15, -0.1) is 18.3 Å². The number of amidine groups is 1. The molecule has 11 nitrogen and oxygen atoms in total. The third-order valence-electron chi connectivity index (χ3n) is 6.89. The molecule has 2 amide bonds. The van der Waals surface area contributed by atoms with Crippen LogP contribution in [0.15, 0.2) is 78.0 Å². The number of benzene rings is 3. The van der Waals surface area contributed by atoms with Gasteiger partial charge in [-0.25, -0.2) is 14.5 Å². The number of carboxylic acid groups (broad SMARTS) is 1. The van der Waals surface area contributed by atoms with Crippen LogP contribution in [0.1, 0.15) is 23.6 Å². The van der Waals surface area contributed by atoms with E-state index in [2.05, 4.69) is 30.4 Å². The standard InChI is InChI=1S/C31H28F3N7O4S2/c1-3-20-14-18(2)4-13-24(20)41-26(42)16-47-29(41)38-28(46)36-25(37-30(43)44)15-19-5-7-21(8-6-19)27-35-17-40(39-27)22-9-11-23(12-10-22)45-31(32,33)34/h4-14,17,25,37H,3,15-16H2,1-2H3,(H,36,46)(H,43,44). The van der Waals surface area contributed by atoms with Crippen LogP contribution in [0.5, 0.6) is 5.75 Å². The van der Waals surface area contributed by atoms with Crippen LogP contribution >= 0.6 is 24.0 Å². The molecule has 1 fully saturated rings. The average molecular weight is 684 g/mol. The molecule has 0 radical (unpaired) electrons. The average Bonchev–Trinajstić information content (AvgIpc) is 3.64. The summed E-state index contributed by atoms with van der Waals surface area (Å²) in [5.74, 6) is 0.106. The first kappa shape index (κ1) is 33.4.